The average molecular weight is 491 g/mol. The molecule has 2 aromatic heterocycles. The van der Waals surface area contributed by atoms with E-state index in [4.69, 9.17) is 9.72 Å². The van der Waals surface area contributed by atoms with Crippen molar-refractivity contribution in [2.24, 2.45) is 0 Å². The van der Waals surface area contributed by atoms with Crippen molar-refractivity contribution in [1.29, 1.82) is 0 Å². The maximum Gasteiger partial charge on any atom is 0.322 e. The third-order valence-corrected chi connectivity index (χ3v) is 7.01. The van der Waals surface area contributed by atoms with E-state index in [1.165, 1.54) is 15.9 Å². The number of fused-ring (bicyclic) bond motifs is 1. The summed E-state index contributed by atoms with van der Waals surface area (Å²) >= 11 is 1.41. The molecular weight excluding hydrogens is 464 g/mol. The molecule has 0 atom stereocenters. The predicted octanol–water partition coefficient (Wildman–Crippen LogP) is 3.48. The molecule has 0 saturated carbocycles. The summed E-state index contributed by atoms with van der Waals surface area (Å²) in [6, 6.07) is 16.7. The van der Waals surface area contributed by atoms with Crippen LogP contribution in [0.15, 0.2) is 59.4 Å². The first-order valence-corrected chi connectivity index (χ1v) is 12.2. The Bertz CT molecular complexity index is 1420. The number of aromatic nitrogens is 3. The molecule has 2 amide bonds. The molecule has 3 heterocycles. The summed E-state index contributed by atoms with van der Waals surface area (Å²) in [7, 11) is 1.58. The molecule has 1 saturated heterocycles. The zero-order valence-corrected chi connectivity index (χ0v) is 20.4. The summed E-state index contributed by atoms with van der Waals surface area (Å²) in [5.74, 6) is 0.626. The monoisotopic (exact) mass is 490 g/mol. The van der Waals surface area contributed by atoms with Crippen LogP contribution in [-0.2, 0) is 6.54 Å². The van der Waals surface area contributed by atoms with Gasteiger partial charge in [0.05, 0.1) is 18.5 Å². The van der Waals surface area contributed by atoms with Crippen LogP contribution in [0.2, 0.25) is 0 Å². The predicted molar refractivity (Wildman–Crippen MR) is 136 cm³/mol. The lowest BCUT2D eigenvalue weighted by molar-refractivity contribution is 0.142. The third-order valence-electron chi connectivity index (χ3n) is 6.07. The van der Waals surface area contributed by atoms with Crippen LogP contribution in [-0.4, -0.2) is 63.7 Å². The van der Waals surface area contributed by atoms with Crippen LogP contribution in [0.4, 0.5) is 10.5 Å². The molecule has 10 heteroatoms. The third kappa shape index (κ3) is 4.89. The van der Waals surface area contributed by atoms with E-state index in [9.17, 15) is 9.59 Å². The lowest BCUT2D eigenvalue weighted by Gasteiger charge is -2.34. The normalized spacial score (nSPS) is 14.3. The molecule has 1 N–H and O–H groups in total. The summed E-state index contributed by atoms with van der Waals surface area (Å²) in [5.41, 5.74) is 3.28. The summed E-state index contributed by atoms with van der Waals surface area (Å²) < 4.78 is 6.68. The minimum atomic E-state index is -0.184. The molecule has 180 valence electrons. The van der Waals surface area contributed by atoms with E-state index in [0.29, 0.717) is 54.8 Å². The van der Waals surface area contributed by atoms with Crippen molar-refractivity contribution in [3.8, 4) is 16.3 Å². The van der Waals surface area contributed by atoms with Crippen molar-refractivity contribution in [2.45, 2.75) is 13.5 Å². The van der Waals surface area contributed by atoms with Crippen molar-refractivity contribution in [2.75, 3.05) is 38.6 Å². The highest BCUT2D eigenvalue weighted by Crippen LogP contribution is 2.27. The molecule has 0 unspecified atom stereocenters. The van der Waals surface area contributed by atoms with Crippen molar-refractivity contribution in [3.63, 3.8) is 0 Å². The first kappa shape index (κ1) is 23.0. The molecule has 4 aromatic rings. The minimum Gasteiger partial charge on any atom is -0.495 e. The zero-order chi connectivity index (χ0) is 24.4. The number of ether oxygens (including phenoxy) is 1. The van der Waals surface area contributed by atoms with E-state index < -0.39 is 0 Å². The number of methoxy groups -OCH3 is 1. The van der Waals surface area contributed by atoms with Gasteiger partial charge in [-0.05, 0) is 24.6 Å². The van der Waals surface area contributed by atoms with E-state index >= 15 is 0 Å². The largest absolute Gasteiger partial charge is 0.495 e. The first-order valence-electron chi connectivity index (χ1n) is 11.4. The SMILES string of the molecule is COc1ccccc1NC(=O)N1CCN(Cc2cc(=O)n3nc(-c4ccccc4C)sc3n2)CC1. The molecule has 35 heavy (non-hydrogen) atoms. The van der Waals surface area contributed by atoms with Gasteiger partial charge in [0.15, 0.2) is 0 Å². The van der Waals surface area contributed by atoms with Gasteiger partial charge in [0.1, 0.15) is 10.8 Å². The summed E-state index contributed by atoms with van der Waals surface area (Å²) in [5, 5.41) is 8.20. The molecule has 0 radical (unpaired) electrons. The molecule has 0 bridgehead atoms. The van der Waals surface area contributed by atoms with Gasteiger partial charge in [-0.3, -0.25) is 9.69 Å². The maximum absolute atomic E-state index is 12.7. The smallest absolute Gasteiger partial charge is 0.322 e. The van der Waals surface area contributed by atoms with E-state index in [-0.39, 0.29) is 11.6 Å². The number of hydrogen-bond acceptors (Lipinski definition) is 7. The van der Waals surface area contributed by atoms with E-state index in [2.05, 4.69) is 15.3 Å². The second-order valence-electron chi connectivity index (χ2n) is 8.40. The molecule has 1 fully saturated rings. The van der Waals surface area contributed by atoms with E-state index in [1.807, 2.05) is 55.5 Å². The van der Waals surface area contributed by atoms with Crippen molar-refractivity contribution in [3.05, 3.63) is 76.2 Å². The molecule has 2 aromatic carbocycles. The number of amides is 2. The molecular formula is C25H26N6O3S. The lowest BCUT2D eigenvalue weighted by atomic mass is 10.1. The van der Waals surface area contributed by atoms with Crippen LogP contribution in [0.5, 0.6) is 5.75 Å². The standard InChI is InChI=1S/C25H26N6O3S/c1-17-7-3-4-8-19(17)23-28-31-22(32)15-18(26-25(31)35-23)16-29-11-13-30(14-12-29)24(33)27-20-9-5-6-10-21(20)34-2/h3-10,15H,11-14,16H2,1-2H3,(H,27,33). The Kier molecular flexibility index (Phi) is 6.47. The summed E-state index contributed by atoms with van der Waals surface area (Å²) in [4.78, 5) is 34.7. The van der Waals surface area contributed by atoms with Crippen molar-refractivity contribution in [1.82, 2.24) is 24.4 Å². The molecule has 5 rings (SSSR count). The Morgan fingerprint density at radius 2 is 1.83 bits per heavy atom. The average Bonchev–Trinajstić information content (AvgIpc) is 3.29. The number of piperazine rings is 1. The molecule has 0 aliphatic carbocycles. The Morgan fingerprint density at radius 1 is 1.09 bits per heavy atom. The van der Waals surface area contributed by atoms with Crippen molar-refractivity contribution < 1.29 is 9.53 Å². The van der Waals surface area contributed by atoms with Gasteiger partial charge >= 0.3 is 6.03 Å². The lowest BCUT2D eigenvalue weighted by Crippen LogP contribution is -2.49. The van der Waals surface area contributed by atoms with Crippen LogP contribution < -0.4 is 15.6 Å². The number of benzene rings is 2. The van der Waals surface area contributed by atoms with Crippen LogP contribution in [0, 0.1) is 6.92 Å². The van der Waals surface area contributed by atoms with Gasteiger partial charge in [-0.15, -0.1) is 0 Å². The zero-order valence-electron chi connectivity index (χ0n) is 19.6. The fourth-order valence-corrected chi connectivity index (χ4v) is 5.15. The van der Waals surface area contributed by atoms with Gasteiger partial charge in [-0.2, -0.15) is 9.61 Å². The number of aryl methyl sites for hydroxylation is 1. The van der Waals surface area contributed by atoms with Gasteiger partial charge in [-0.25, -0.2) is 9.78 Å². The fraction of sp³-hybridized carbons (Fsp3) is 0.280. The Balaban J connectivity index is 1.24. The number of anilines is 1. The Hall–Kier alpha value is -3.76. The van der Waals surface area contributed by atoms with E-state index in [1.54, 1.807) is 18.1 Å². The number of urea groups is 1. The van der Waals surface area contributed by atoms with Gasteiger partial charge < -0.3 is 15.0 Å². The highest BCUT2D eigenvalue weighted by Gasteiger charge is 2.23. The highest BCUT2D eigenvalue weighted by atomic mass is 32.1. The van der Waals surface area contributed by atoms with Gasteiger partial charge in [0.2, 0.25) is 4.96 Å². The second kappa shape index (κ2) is 9.85. The Morgan fingerprint density at radius 3 is 2.60 bits per heavy atom. The molecule has 0 spiro atoms. The summed E-state index contributed by atoms with van der Waals surface area (Å²) in [6.07, 6.45) is 0. The van der Waals surface area contributed by atoms with Crippen LogP contribution in [0.3, 0.4) is 0 Å². The van der Waals surface area contributed by atoms with Crippen LogP contribution in [0.25, 0.3) is 15.5 Å². The second-order valence-corrected chi connectivity index (χ2v) is 9.35. The van der Waals surface area contributed by atoms with E-state index in [0.717, 1.165) is 16.1 Å². The molecule has 1 aliphatic rings. The van der Waals surface area contributed by atoms with Gasteiger partial charge in [0, 0.05) is 44.4 Å². The quantitative estimate of drug-likeness (QED) is 0.461. The number of nitrogens with zero attached hydrogens (tertiary/aromatic N) is 5. The summed E-state index contributed by atoms with van der Waals surface area (Å²) in [6.45, 7) is 5.13. The number of carbonyl (C=O) groups is 1. The Labute approximate surface area is 206 Å². The number of nitrogens with one attached hydrogen (secondary N) is 1. The molecule has 1 aliphatic heterocycles. The number of carbonyl (C=O) groups excluding carboxylic acids is 1. The number of hydrogen-bond donors (Lipinski definition) is 1. The van der Waals surface area contributed by atoms with Gasteiger partial charge in [0.25, 0.3) is 5.56 Å². The number of rotatable bonds is 5. The van der Waals surface area contributed by atoms with Crippen molar-refractivity contribution >= 4 is 28.0 Å². The highest BCUT2D eigenvalue weighted by molar-refractivity contribution is 7.19. The topological polar surface area (TPSA) is 92.1 Å². The fourth-order valence-electron chi connectivity index (χ4n) is 4.14. The maximum atomic E-state index is 12.7. The van der Waals surface area contributed by atoms with Gasteiger partial charge in [-0.1, -0.05) is 47.7 Å². The van der Waals surface area contributed by atoms with Crippen LogP contribution >= 0.6 is 11.3 Å². The number of para-hydroxylation sites is 2. The van der Waals surface area contributed by atoms with Crippen LogP contribution in [0.1, 0.15) is 11.3 Å². The minimum absolute atomic E-state index is 0.152. The molecule has 9 nitrogen and oxygen atoms in total. The first-order chi connectivity index (χ1) is 17.0.